The summed E-state index contributed by atoms with van der Waals surface area (Å²) in [4.78, 5) is 22.9. The molecule has 0 bridgehead atoms. The molecular formula is C55H113N7O2. The molecule has 1 saturated carbocycles. The molecular weight excluding hydrogens is 791 g/mol. The van der Waals surface area contributed by atoms with Gasteiger partial charge in [0.05, 0.1) is 6.10 Å². The number of hydrogen-bond donors (Lipinski definition) is 3. The van der Waals surface area contributed by atoms with Crippen molar-refractivity contribution in [2.24, 2.45) is 41.4 Å². The van der Waals surface area contributed by atoms with E-state index < -0.39 is 0 Å². The van der Waals surface area contributed by atoms with Crippen LogP contribution in [0.1, 0.15) is 187 Å². The fourth-order valence-corrected chi connectivity index (χ4v) is 9.37. The van der Waals surface area contributed by atoms with Gasteiger partial charge in [0, 0.05) is 69.6 Å². The minimum atomic E-state index is -0.217. The lowest BCUT2D eigenvalue weighted by Gasteiger charge is -2.31. The van der Waals surface area contributed by atoms with Crippen LogP contribution >= 0.6 is 0 Å². The summed E-state index contributed by atoms with van der Waals surface area (Å²) in [7, 11) is 0. The third kappa shape index (κ3) is 27.4. The highest BCUT2D eigenvalue weighted by Gasteiger charge is 2.23. The summed E-state index contributed by atoms with van der Waals surface area (Å²) < 4.78 is 0. The van der Waals surface area contributed by atoms with Crippen LogP contribution in [0.3, 0.4) is 0 Å². The summed E-state index contributed by atoms with van der Waals surface area (Å²) in [5.74, 6) is 5.47. The van der Waals surface area contributed by atoms with Crippen LogP contribution in [-0.2, 0) is 0 Å². The van der Waals surface area contributed by atoms with E-state index in [-0.39, 0.29) is 12.1 Å². The average molecular weight is 905 g/mol. The number of amides is 2. The lowest BCUT2D eigenvalue weighted by molar-refractivity contribution is 0.0759. The third-order valence-electron chi connectivity index (χ3n) is 14.9. The number of hydrogen-bond acceptors (Lipinski definition) is 7. The van der Waals surface area contributed by atoms with Gasteiger partial charge < -0.3 is 35.3 Å². The molecule has 1 aliphatic carbocycles. The van der Waals surface area contributed by atoms with Gasteiger partial charge in [-0.1, -0.05) is 122 Å². The minimum absolute atomic E-state index is 0.102. The Bertz CT molecular complexity index is 1080. The Morgan fingerprint density at radius 3 is 1.30 bits per heavy atom. The van der Waals surface area contributed by atoms with Gasteiger partial charge >= 0.3 is 6.03 Å². The molecule has 0 radical (unpaired) electrons. The van der Waals surface area contributed by atoms with Gasteiger partial charge in [-0.25, -0.2) is 4.79 Å². The monoisotopic (exact) mass is 904 g/mol. The highest BCUT2D eigenvalue weighted by Crippen LogP contribution is 2.28. The van der Waals surface area contributed by atoms with Crippen LogP contribution in [0, 0.1) is 41.4 Å². The van der Waals surface area contributed by atoms with Gasteiger partial charge in [0.1, 0.15) is 0 Å². The maximum Gasteiger partial charge on any atom is 0.317 e. The predicted octanol–water partition coefficient (Wildman–Crippen LogP) is 11.5. The second kappa shape index (κ2) is 34.8. The molecule has 9 heteroatoms. The summed E-state index contributed by atoms with van der Waals surface area (Å²) in [6.45, 7) is 52.1. The second-order valence-corrected chi connectivity index (χ2v) is 22.8. The predicted molar refractivity (Wildman–Crippen MR) is 280 cm³/mol. The van der Waals surface area contributed by atoms with Gasteiger partial charge in [0.2, 0.25) is 0 Å². The van der Waals surface area contributed by atoms with Crippen LogP contribution in [0.25, 0.3) is 0 Å². The Kier molecular flexibility index (Phi) is 33.0. The largest absolute Gasteiger partial charge is 0.392 e. The van der Waals surface area contributed by atoms with Crippen LogP contribution < -0.4 is 10.6 Å². The number of urea groups is 1. The SMILES string of the molecule is C=C1CN(CC(O)C(C)C)CCN1.CC(C)C(C)N1CCCC1.CC(C)CC1CCCCC1.CC(C)CCN1CCNC1=O.CC(C)[C@@H](C)N1CCCC1.CC(C)[C@H](C)N1CCCC1. The van der Waals surface area contributed by atoms with E-state index >= 15 is 0 Å². The van der Waals surface area contributed by atoms with E-state index in [1.165, 1.54) is 116 Å². The molecule has 5 heterocycles. The topological polar surface area (TPSA) is 77.6 Å². The van der Waals surface area contributed by atoms with E-state index in [0.29, 0.717) is 11.8 Å². The molecule has 0 spiro atoms. The van der Waals surface area contributed by atoms with Gasteiger partial charge in [-0.3, -0.25) is 4.90 Å². The first-order valence-electron chi connectivity index (χ1n) is 27.3. The van der Waals surface area contributed by atoms with E-state index in [1.54, 1.807) is 0 Å². The molecule has 380 valence electrons. The summed E-state index contributed by atoms with van der Waals surface area (Å²) in [5.41, 5.74) is 1.06. The van der Waals surface area contributed by atoms with Crippen molar-refractivity contribution in [3.05, 3.63) is 12.3 Å². The Labute approximate surface area is 400 Å². The molecule has 0 aromatic carbocycles. The van der Waals surface area contributed by atoms with Gasteiger partial charge in [-0.2, -0.15) is 0 Å². The first-order valence-corrected chi connectivity index (χ1v) is 27.3. The third-order valence-corrected chi connectivity index (χ3v) is 14.9. The van der Waals surface area contributed by atoms with Gasteiger partial charge in [0.25, 0.3) is 0 Å². The van der Waals surface area contributed by atoms with Gasteiger partial charge in [0.15, 0.2) is 0 Å². The number of aliphatic hydroxyl groups excluding tert-OH is 1. The van der Waals surface area contributed by atoms with Gasteiger partial charge in [-0.15, -0.1) is 0 Å². The molecule has 6 rings (SSSR count). The number of carbonyl (C=O) groups excluding carboxylic acids is 1. The van der Waals surface area contributed by atoms with Crippen molar-refractivity contribution in [3.63, 3.8) is 0 Å². The van der Waals surface area contributed by atoms with E-state index in [0.717, 1.165) is 106 Å². The van der Waals surface area contributed by atoms with Gasteiger partial charge in [-0.05, 0) is 153 Å². The number of likely N-dealkylation sites (tertiary alicyclic amines) is 3. The van der Waals surface area contributed by atoms with Crippen molar-refractivity contribution in [2.45, 2.75) is 212 Å². The molecule has 0 aromatic heterocycles. The fourth-order valence-electron chi connectivity index (χ4n) is 9.37. The molecule has 2 unspecified atom stereocenters. The molecule has 0 aromatic rings. The Morgan fingerprint density at radius 1 is 0.547 bits per heavy atom. The van der Waals surface area contributed by atoms with Crippen LogP contribution in [0.5, 0.6) is 0 Å². The van der Waals surface area contributed by atoms with Crippen molar-refractivity contribution < 1.29 is 9.90 Å². The highest BCUT2D eigenvalue weighted by atomic mass is 16.3. The van der Waals surface area contributed by atoms with Crippen molar-refractivity contribution in [1.82, 2.24) is 35.1 Å². The van der Waals surface area contributed by atoms with Crippen molar-refractivity contribution in [2.75, 3.05) is 85.1 Å². The summed E-state index contributed by atoms with van der Waals surface area (Å²) in [6.07, 6.45) is 18.4. The summed E-state index contributed by atoms with van der Waals surface area (Å²) in [6, 6.07) is 2.48. The summed E-state index contributed by atoms with van der Waals surface area (Å²) in [5, 5.41) is 15.7. The molecule has 4 atom stereocenters. The normalized spacial score (nSPS) is 22.1. The van der Waals surface area contributed by atoms with E-state index in [4.69, 9.17) is 0 Å². The maximum absolute atomic E-state index is 11.0. The van der Waals surface area contributed by atoms with Crippen molar-refractivity contribution >= 4 is 6.03 Å². The molecule has 6 fully saturated rings. The van der Waals surface area contributed by atoms with Crippen LogP contribution in [0.2, 0.25) is 0 Å². The number of β-amino-alcohol motifs (C(OH)–C–C–N with tert-alkyl or cyclic N) is 1. The molecule has 6 aliphatic rings. The number of aliphatic hydroxyl groups is 1. The quantitative estimate of drug-likeness (QED) is 0.160. The zero-order valence-electron chi connectivity index (χ0n) is 45.5. The molecule has 3 N–H and O–H groups in total. The number of rotatable bonds is 14. The standard InChI is InChI=1S/C10H20N2O.C10H20.3C9H19N.C8H16N2O/c1-8(2)10(13)7-12-5-4-11-9(3)6-12;1-9(2)8-10-6-4-3-5-7-10;3*1-8(2)9(3)10-6-4-5-7-10;1-7(2)3-5-10-6-4-9-8(10)11/h8,10-11,13H,3-7H2,1-2H3;9-10H,3-8H2,1-2H3;3*8-9H,4-7H2,1-3H3;7H,3-6H2,1-2H3,(H,9,11)/t;;2*9-;;/m..10../s1. The Balaban J connectivity index is 0.000000385. The van der Waals surface area contributed by atoms with E-state index in [2.05, 4.69) is 127 Å². The number of piperazine rings is 1. The smallest absolute Gasteiger partial charge is 0.317 e. The first kappa shape index (κ1) is 60.6. The van der Waals surface area contributed by atoms with Crippen LogP contribution in [0.4, 0.5) is 4.79 Å². The summed E-state index contributed by atoms with van der Waals surface area (Å²) >= 11 is 0. The van der Waals surface area contributed by atoms with E-state index in [9.17, 15) is 9.90 Å². The molecule has 5 saturated heterocycles. The second-order valence-electron chi connectivity index (χ2n) is 22.8. The van der Waals surface area contributed by atoms with Crippen molar-refractivity contribution in [3.8, 4) is 0 Å². The lowest BCUT2D eigenvalue weighted by Crippen LogP contribution is -2.45. The number of nitrogens with one attached hydrogen (secondary N) is 2. The number of nitrogens with zero attached hydrogens (tertiary/aromatic N) is 5. The fraction of sp³-hybridized carbons (Fsp3) is 0.945. The zero-order valence-corrected chi connectivity index (χ0v) is 45.5. The molecule has 5 aliphatic heterocycles. The van der Waals surface area contributed by atoms with Crippen LogP contribution in [-0.4, -0.2) is 145 Å². The zero-order chi connectivity index (χ0) is 48.2. The minimum Gasteiger partial charge on any atom is -0.392 e. The maximum atomic E-state index is 11.0. The Morgan fingerprint density at radius 2 is 0.969 bits per heavy atom. The Hall–Kier alpha value is -1.39. The molecule has 9 nitrogen and oxygen atoms in total. The number of carbonyl (C=O) groups is 1. The van der Waals surface area contributed by atoms with E-state index in [1.807, 2.05) is 18.7 Å². The highest BCUT2D eigenvalue weighted by molar-refractivity contribution is 5.76. The first-order chi connectivity index (χ1) is 30.2. The van der Waals surface area contributed by atoms with Crippen molar-refractivity contribution in [1.29, 1.82) is 0 Å². The molecule has 64 heavy (non-hydrogen) atoms. The lowest BCUT2D eigenvalue weighted by atomic mass is 9.84. The van der Waals surface area contributed by atoms with Crippen LogP contribution in [0.15, 0.2) is 12.3 Å². The molecule has 2 amide bonds. The average Bonchev–Trinajstić information content (AvgIpc) is 4.10.